The van der Waals surface area contributed by atoms with Gasteiger partial charge in [0.05, 0.1) is 15.7 Å². The Hall–Kier alpha value is -0.810. The molecule has 2 rings (SSSR count). The highest BCUT2D eigenvalue weighted by molar-refractivity contribution is 9.10. The Morgan fingerprint density at radius 1 is 1.26 bits per heavy atom. The van der Waals surface area contributed by atoms with Crippen LogP contribution in [0.25, 0.3) is 0 Å². The van der Waals surface area contributed by atoms with Gasteiger partial charge < -0.3 is 10.5 Å². The van der Waals surface area contributed by atoms with Gasteiger partial charge in [0, 0.05) is 28.8 Å². The number of halogens is 3. The summed E-state index contributed by atoms with van der Waals surface area (Å²) in [6, 6.07) is 7.14. The van der Waals surface area contributed by atoms with Gasteiger partial charge in [-0.05, 0) is 28.1 Å². The normalized spacial score (nSPS) is 10.5. The second-order valence-electron chi connectivity index (χ2n) is 3.80. The van der Waals surface area contributed by atoms with Crippen LogP contribution in [0.4, 0.5) is 0 Å². The van der Waals surface area contributed by atoms with Gasteiger partial charge in [-0.3, -0.25) is 4.98 Å². The van der Waals surface area contributed by atoms with Crippen LogP contribution in [-0.2, 0) is 13.2 Å². The highest BCUT2D eigenvalue weighted by Crippen LogP contribution is 2.34. The van der Waals surface area contributed by atoms with Crippen LogP contribution < -0.4 is 10.5 Å². The van der Waals surface area contributed by atoms with E-state index in [-0.39, 0.29) is 0 Å². The molecule has 1 heterocycles. The summed E-state index contributed by atoms with van der Waals surface area (Å²) in [6.07, 6.45) is 1.70. The number of nitrogens with zero attached hydrogens (tertiary/aromatic N) is 1. The highest BCUT2D eigenvalue weighted by Gasteiger charge is 2.08. The van der Waals surface area contributed by atoms with Crippen LogP contribution in [0, 0.1) is 0 Å². The van der Waals surface area contributed by atoms with Crippen LogP contribution >= 0.6 is 39.1 Å². The van der Waals surface area contributed by atoms with E-state index in [4.69, 9.17) is 33.7 Å². The van der Waals surface area contributed by atoms with Crippen molar-refractivity contribution in [1.29, 1.82) is 0 Å². The van der Waals surface area contributed by atoms with Crippen molar-refractivity contribution in [3.05, 3.63) is 56.2 Å². The quantitative estimate of drug-likeness (QED) is 0.830. The number of aromatic nitrogens is 1. The molecule has 0 spiro atoms. The number of benzene rings is 1. The van der Waals surface area contributed by atoms with Crippen LogP contribution in [0.2, 0.25) is 10.0 Å². The number of nitrogens with two attached hydrogens (primary N) is 1. The SMILES string of the molecule is NCc1ncccc1COc1cc(Cl)c(Br)cc1Cl. The Bertz CT molecular complexity index is 593. The topological polar surface area (TPSA) is 48.1 Å². The smallest absolute Gasteiger partial charge is 0.139 e. The van der Waals surface area contributed by atoms with Gasteiger partial charge in [-0.25, -0.2) is 0 Å². The molecule has 6 heteroatoms. The first-order chi connectivity index (χ1) is 9.11. The monoisotopic (exact) mass is 360 g/mol. The van der Waals surface area contributed by atoms with E-state index < -0.39 is 0 Å². The molecule has 0 amide bonds. The third-order valence-corrected chi connectivity index (χ3v) is 4.03. The van der Waals surface area contributed by atoms with Crippen LogP contribution in [0.15, 0.2) is 34.9 Å². The minimum Gasteiger partial charge on any atom is -0.487 e. The Morgan fingerprint density at radius 2 is 2.05 bits per heavy atom. The molecule has 0 aliphatic rings. The zero-order valence-corrected chi connectivity index (χ0v) is 13.0. The van der Waals surface area contributed by atoms with E-state index in [1.807, 2.05) is 12.1 Å². The summed E-state index contributed by atoms with van der Waals surface area (Å²) < 4.78 is 6.40. The molecule has 0 saturated carbocycles. The van der Waals surface area contributed by atoms with Gasteiger partial charge in [-0.2, -0.15) is 0 Å². The van der Waals surface area contributed by atoms with E-state index in [1.165, 1.54) is 0 Å². The molecule has 19 heavy (non-hydrogen) atoms. The standard InChI is InChI=1S/C13H11BrCl2N2O/c14-9-4-11(16)13(5-10(9)15)19-7-8-2-1-3-18-12(8)6-17/h1-5H,6-7,17H2. The third kappa shape index (κ3) is 3.60. The van der Waals surface area contributed by atoms with Gasteiger partial charge in [0.2, 0.25) is 0 Å². The second-order valence-corrected chi connectivity index (χ2v) is 5.47. The zero-order chi connectivity index (χ0) is 13.8. The molecule has 0 bridgehead atoms. The summed E-state index contributed by atoms with van der Waals surface area (Å²) >= 11 is 15.4. The van der Waals surface area contributed by atoms with Gasteiger partial charge in [0.15, 0.2) is 0 Å². The molecule has 0 unspecified atom stereocenters. The van der Waals surface area contributed by atoms with Crippen LogP contribution in [0.3, 0.4) is 0 Å². The van der Waals surface area contributed by atoms with Crippen molar-refractivity contribution >= 4 is 39.1 Å². The van der Waals surface area contributed by atoms with Crippen molar-refractivity contribution in [2.24, 2.45) is 5.73 Å². The average molecular weight is 362 g/mol. The number of hydrogen-bond acceptors (Lipinski definition) is 3. The van der Waals surface area contributed by atoms with E-state index in [0.29, 0.717) is 28.9 Å². The lowest BCUT2D eigenvalue weighted by Crippen LogP contribution is -2.06. The summed E-state index contributed by atoms with van der Waals surface area (Å²) in [6.45, 7) is 0.715. The second kappa shape index (κ2) is 6.57. The van der Waals surface area contributed by atoms with Crippen LogP contribution in [0.5, 0.6) is 5.75 Å². The van der Waals surface area contributed by atoms with Gasteiger partial charge in [0.25, 0.3) is 0 Å². The molecule has 100 valence electrons. The molecule has 0 aliphatic heterocycles. The molecule has 0 radical (unpaired) electrons. The Labute approximate surface area is 129 Å². The van der Waals surface area contributed by atoms with E-state index in [2.05, 4.69) is 20.9 Å². The largest absolute Gasteiger partial charge is 0.487 e. The number of hydrogen-bond donors (Lipinski definition) is 1. The van der Waals surface area contributed by atoms with Crippen molar-refractivity contribution in [2.45, 2.75) is 13.2 Å². The summed E-state index contributed by atoms with van der Waals surface area (Å²) in [4.78, 5) is 4.19. The number of pyridine rings is 1. The van der Waals surface area contributed by atoms with E-state index in [9.17, 15) is 0 Å². The minimum atomic E-state index is 0.345. The fourth-order valence-electron chi connectivity index (χ4n) is 1.56. The van der Waals surface area contributed by atoms with Crippen molar-refractivity contribution in [3.8, 4) is 5.75 Å². The average Bonchev–Trinajstić information content (AvgIpc) is 2.41. The Balaban J connectivity index is 2.17. The molecule has 0 fully saturated rings. The first-order valence-corrected chi connectivity index (χ1v) is 7.07. The van der Waals surface area contributed by atoms with Crippen LogP contribution in [-0.4, -0.2) is 4.98 Å². The third-order valence-electron chi connectivity index (χ3n) is 2.54. The van der Waals surface area contributed by atoms with Crippen LogP contribution in [0.1, 0.15) is 11.3 Å². The fourth-order valence-corrected chi connectivity index (χ4v) is 2.40. The first-order valence-electron chi connectivity index (χ1n) is 5.52. The Kier molecular flexibility index (Phi) is 5.05. The van der Waals surface area contributed by atoms with Gasteiger partial charge in [-0.15, -0.1) is 0 Å². The maximum absolute atomic E-state index is 6.09. The molecule has 3 nitrogen and oxygen atoms in total. The summed E-state index contributed by atoms with van der Waals surface area (Å²) in [5.41, 5.74) is 7.36. The minimum absolute atomic E-state index is 0.345. The lowest BCUT2D eigenvalue weighted by Gasteiger charge is -2.11. The maximum Gasteiger partial charge on any atom is 0.139 e. The predicted octanol–water partition coefficient (Wildman–Crippen LogP) is 4.19. The molecule has 2 aromatic rings. The maximum atomic E-state index is 6.09. The first kappa shape index (κ1) is 14.6. The molecular formula is C13H11BrCl2N2O. The van der Waals surface area contributed by atoms with E-state index in [0.717, 1.165) is 15.7 Å². The molecule has 1 aromatic carbocycles. The zero-order valence-electron chi connectivity index (χ0n) is 9.87. The summed E-state index contributed by atoms with van der Waals surface area (Å²) in [5.74, 6) is 0.529. The van der Waals surface area contributed by atoms with Crippen molar-refractivity contribution in [3.63, 3.8) is 0 Å². The van der Waals surface area contributed by atoms with Gasteiger partial charge in [0.1, 0.15) is 12.4 Å². The van der Waals surface area contributed by atoms with Crippen molar-refractivity contribution in [1.82, 2.24) is 4.98 Å². The molecule has 1 aromatic heterocycles. The summed E-state index contributed by atoms with van der Waals surface area (Å²) in [7, 11) is 0. The van der Waals surface area contributed by atoms with Gasteiger partial charge in [-0.1, -0.05) is 29.3 Å². The number of rotatable bonds is 4. The molecule has 2 N–H and O–H groups in total. The van der Waals surface area contributed by atoms with Crippen molar-refractivity contribution in [2.75, 3.05) is 0 Å². The molecule has 0 atom stereocenters. The lowest BCUT2D eigenvalue weighted by molar-refractivity contribution is 0.304. The number of ether oxygens (including phenoxy) is 1. The van der Waals surface area contributed by atoms with Gasteiger partial charge >= 0.3 is 0 Å². The predicted molar refractivity (Wildman–Crippen MR) is 80.6 cm³/mol. The molecule has 0 saturated heterocycles. The highest BCUT2D eigenvalue weighted by atomic mass is 79.9. The van der Waals surface area contributed by atoms with Crippen molar-refractivity contribution < 1.29 is 4.74 Å². The fraction of sp³-hybridized carbons (Fsp3) is 0.154. The lowest BCUT2D eigenvalue weighted by atomic mass is 10.2. The van der Waals surface area contributed by atoms with E-state index >= 15 is 0 Å². The van der Waals surface area contributed by atoms with E-state index in [1.54, 1.807) is 18.3 Å². The molecular weight excluding hydrogens is 351 g/mol. The summed E-state index contributed by atoms with van der Waals surface area (Å²) in [5, 5.41) is 1.04. The Morgan fingerprint density at radius 3 is 2.79 bits per heavy atom. The molecule has 0 aliphatic carbocycles.